The fraction of sp³-hybridized carbons (Fsp3) is 0.375. The van der Waals surface area contributed by atoms with Crippen LogP contribution >= 0.6 is 0 Å². The molecule has 2 aromatic rings. The number of aryl methyl sites for hydroxylation is 1. The number of amides is 2. The standard InChI is InChI=1S/C24H28N2O5/c1-16(21(27)26-14-8-11-17-9-5-6-13-20(17)26)30-22(28)18-10-7-12-19(15-18)25-23(29)31-24(2,3)4/h5-7,9-10,12-13,15-16H,8,11,14H2,1-4H3,(H,25,29). The summed E-state index contributed by atoms with van der Waals surface area (Å²) < 4.78 is 10.7. The van der Waals surface area contributed by atoms with Gasteiger partial charge in [-0.15, -0.1) is 0 Å². The highest BCUT2D eigenvalue weighted by Gasteiger charge is 2.28. The van der Waals surface area contributed by atoms with Crippen molar-refractivity contribution in [1.29, 1.82) is 0 Å². The van der Waals surface area contributed by atoms with Gasteiger partial charge in [0, 0.05) is 17.9 Å². The lowest BCUT2D eigenvalue weighted by molar-refractivity contribution is -0.126. The van der Waals surface area contributed by atoms with E-state index in [0.29, 0.717) is 12.2 Å². The summed E-state index contributed by atoms with van der Waals surface area (Å²) in [7, 11) is 0. The Kier molecular flexibility index (Phi) is 6.63. The molecule has 1 aliphatic heterocycles. The van der Waals surface area contributed by atoms with E-state index in [-0.39, 0.29) is 11.5 Å². The third-order valence-corrected chi connectivity index (χ3v) is 4.75. The van der Waals surface area contributed by atoms with Crippen molar-refractivity contribution in [3.05, 3.63) is 59.7 Å². The van der Waals surface area contributed by atoms with Crippen molar-refractivity contribution in [2.75, 3.05) is 16.8 Å². The van der Waals surface area contributed by atoms with E-state index in [9.17, 15) is 14.4 Å². The lowest BCUT2D eigenvalue weighted by atomic mass is 10.0. The molecule has 31 heavy (non-hydrogen) atoms. The molecule has 7 heteroatoms. The smallest absolute Gasteiger partial charge is 0.412 e. The fourth-order valence-electron chi connectivity index (χ4n) is 3.41. The van der Waals surface area contributed by atoms with Crippen molar-refractivity contribution in [2.24, 2.45) is 0 Å². The van der Waals surface area contributed by atoms with E-state index in [1.165, 1.54) is 6.07 Å². The van der Waals surface area contributed by atoms with Crippen molar-refractivity contribution in [1.82, 2.24) is 0 Å². The quantitative estimate of drug-likeness (QED) is 0.728. The molecular weight excluding hydrogens is 396 g/mol. The summed E-state index contributed by atoms with van der Waals surface area (Å²) in [6.07, 6.45) is 0.222. The molecule has 2 aromatic carbocycles. The number of nitrogens with zero attached hydrogens (tertiary/aromatic N) is 1. The maximum absolute atomic E-state index is 12.9. The van der Waals surface area contributed by atoms with Gasteiger partial charge in [-0.05, 0) is 70.4 Å². The average molecular weight is 424 g/mol. The third kappa shape index (κ3) is 5.84. The summed E-state index contributed by atoms with van der Waals surface area (Å²) in [4.78, 5) is 39.2. The molecule has 0 saturated heterocycles. The average Bonchev–Trinajstić information content (AvgIpc) is 2.71. The normalized spacial score (nSPS) is 14.3. The van der Waals surface area contributed by atoms with Gasteiger partial charge in [-0.3, -0.25) is 10.1 Å². The van der Waals surface area contributed by atoms with Gasteiger partial charge in [0.1, 0.15) is 5.60 Å². The van der Waals surface area contributed by atoms with Gasteiger partial charge in [-0.1, -0.05) is 24.3 Å². The number of ether oxygens (including phenoxy) is 2. The van der Waals surface area contributed by atoms with E-state index < -0.39 is 23.8 Å². The minimum absolute atomic E-state index is 0.229. The van der Waals surface area contributed by atoms with E-state index >= 15 is 0 Å². The number of benzene rings is 2. The Balaban J connectivity index is 1.65. The Morgan fingerprint density at radius 1 is 1.06 bits per heavy atom. The molecule has 164 valence electrons. The maximum Gasteiger partial charge on any atom is 0.412 e. The van der Waals surface area contributed by atoms with E-state index in [0.717, 1.165) is 24.1 Å². The number of carbonyl (C=O) groups excluding carboxylic acids is 3. The zero-order valence-corrected chi connectivity index (χ0v) is 18.3. The highest BCUT2D eigenvalue weighted by molar-refractivity contribution is 6.00. The summed E-state index contributed by atoms with van der Waals surface area (Å²) in [6, 6.07) is 14.1. The van der Waals surface area contributed by atoms with Crippen LogP contribution in [0.5, 0.6) is 0 Å². The first kappa shape index (κ1) is 22.3. The summed E-state index contributed by atoms with van der Waals surface area (Å²) in [5, 5.41) is 2.59. The number of esters is 1. The van der Waals surface area contributed by atoms with Crippen LogP contribution in [0.4, 0.5) is 16.2 Å². The SMILES string of the molecule is CC(OC(=O)c1cccc(NC(=O)OC(C)(C)C)c1)C(=O)N1CCCc2ccccc21. The lowest BCUT2D eigenvalue weighted by Crippen LogP contribution is -2.42. The second-order valence-corrected chi connectivity index (χ2v) is 8.48. The Morgan fingerprint density at radius 2 is 1.81 bits per heavy atom. The first-order valence-corrected chi connectivity index (χ1v) is 10.3. The molecular formula is C24H28N2O5. The minimum Gasteiger partial charge on any atom is -0.449 e. The summed E-state index contributed by atoms with van der Waals surface area (Å²) in [5.41, 5.74) is 1.97. The molecule has 0 spiro atoms. The van der Waals surface area contributed by atoms with Gasteiger partial charge in [0.25, 0.3) is 5.91 Å². The Morgan fingerprint density at radius 3 is 2.55 bits per heavy atom. The monoisotopic (exact) mass is 424 g/mol. The van der Waals surface area contributed by atoms with Crippen molar-refractivity contribution in [3.63, 3.8) is 0 Å². The largest absolute Gasteiger partial charge is 0.449 e. The predicted octanol–water partition coefficient (Wildman–Crippen LogP) is 4.56. The Bertz CT molecular complexity index is 980. The lowest BCUT2D eigenvalue weighted by Gasteiger charge is -2.31. The Hall–Kier alpha value is -3.35. The Labute approximate surface area is 182 Å². The van der Waals surface area contributed by atoms with Crippen LogP contribution in [0.2, 0.25) is 0 Å². The van der Waals surface area contributed by atoms with Gasteiger partial charge in [-0.2, -0.15) is 0 Å². The minimum atomic E-state index is -0.943. The molecule has 0 aliphatic carbocycles. The number of carbonyl (C=O) groups is 3. The number of anilines is 2. The van der Waals surface area contributed by atoms with Gasteiger partial charge in [-0.25, -0.2) is 9.59 Å². The fourth-order valence-corrected chi connectivity index (χ4v) is 3.41. The van der Waals surface area contributed by atoms with Gasteiger partial charge in [0.15, 0.2) is 6.10 Å². The third-order valence-electron chi connectivity index (χ3n) is 4.75. The van der Waals surface area contributed by atoms with E-state index in [1.54, 1.807) is 50.8 Å². The number of para-hydroxylation sites is 1. The first-order chi connectivity index (χ1) is 14.6. The topological polar surface area (TPSA) is 84.9 Å². The number of nitrogens with one attached hydrogen (secondary N) is 1. The van der Waals surface area contributed by atoms with Crippen molar-refractivity contribution >= 4 is 29.3 Å². The maximum atomic E-state index is 12.9. The number of rotatable bonds is 4. The first-order valence-electron chi connectivity index (χ1n) is 10.3. The van der Waals surface area contributed by atoms with E-state index in [2.05, 4.69) is 5.32 Å². The van der Waals surface area contributed by atoms with Crippen molar-refractivity contribution in [2.45, 2.75) is 52.2 Å². The van der Waals surface area contributed by atoms with Gasteiger partial charge in [0.2, 0.25) is 0 Å². The van der Waals surface area contributed by atoms with Crippen LogP contribution in [0.15, 0.2) is 48.5 Å². The van der Waals surface area contributed by atoms with Crippen molar-refractivity contribution in [3.8, 4) is 0 Å². The molecule has 3 rings (SSSR count). The van der Waals surface area contributed by atoms with Crippen LogP contribution < -0.4 is 10.2 Å². The van der Waals surface area contributed by atoms with Crippen molar-refractivity contribution < 1.29 is 23.9 Å². The van der Waals surface area contributed by atoms with Gasteiger partial charge in [0.05, 0.1) is 5.56 Å². The van der Waals surface area contributed by atoms with Crippen LogP contribution in [0.1, 0.15) is 50.0 Å². The van der Waals surface area contributed by atoms with Crippen LogP contribution in [0.25, 0.3) is 0 Å². The zero-order valence-electron chi connectivity index (χ0n) is 18.3. The number of hydrogen-bond donors (Lipinski definition) is 1. The molecule has 0 aromatic heterocycles. The molecule has 1 atom stereocenters. The molecule has 1 heterocycles. The molecule has 1 N–H and O–H groups in total. The van der Waals surface area contributed by atoms with Crippen LogP contribution in [-0.4, -0.2) is 36.2 Å². The number of hydrogen-bond acceptors (Lipinski definition) is 5. The second-order valence-electron chi connectivity index (χ2n) is 8.48. The molecule has 1 unspecified atom stereocenters. The highest BCUT2D eigenvalue weighted by Crippen LogP contribution is 2.27. The van der Waals surface area contributed by atoms with Gasteiger partial charge < -0.3 is 14.4 Å². The van der Waals surface area contributed by atoms with Crippen LogP contribution in [0.3, 0.4) is 0 Å². The highest BCUT2D eigenvalue weighted by atomic mass is 16.6. The molecule has 0 bridgehead atoms. The van der Waals surface area contributed by atoms with Gasteiger partial charge >= 0.3 is 12.1 Å². The number of fused-ring (bicyclic) bond motifs is 1. The molecule has 0 radical (unpaired) electrons. The summed E-state index contributed by atoms with van der Waals surface area (Å²) in [5.74, 6) is -0.900. The van der Waals surface area contributed by atoms with E-state index in [1.807, 2.05) is 24.3 Å². The predicted molar refractivity (Wildman–Crippen MR) is 118 cm³/mol. The second kappa shape index (κ2) is 9.20. The van der Waals surface area contributed by atoms with Crippen LogP contribution in [-0.2, 0) is 20.7 Å². The molecule has 1 aliphatic rings. The zero-order chi connectivity index (χ0) is 22.6. The summed E-state index contributed by atoms with van der Waals surface area (Å²) in [6.45, 7) is 7.45. The molecule has 0 fully saturated rings. The molecule has 2 amide bonds. The molecule has 7 nitrogen and oxygen atoms in total. The summed E-state index contributed by atoms with van der Waals surface area (Å²) >= 11 is 0. The van der Waals surface area contributed by atoms with E-state index in [4.69, 9.17) is 9.47 Å². The molecule has 0 saturated carbocycles. The van der Waals surface area contributed by atoms with Crippen LogP contribution in [0, 0.1) is 0 Å².